The molecule has 1 aromatic carbocycles. The molecule has 1 heterocycles. The number of thiazole rings is 1. The zero-order valence-corrected chi connectivity index (χ0v) is 30.2. The first-order valence-electron chi connectivity index (χ1n) is 17.3. The Balaban J connectivity index is 2.16. The average molecular weight is 658 g/mol. The number of hydrogen-bond acceptors (Lipinski definition) is 7. The smallest absolute Gasteiger partial charge is 0.270 e. The predicted octanol–water partition coefficient (Wildman–Crippen LogP) is 6.25. The first kappa shape index (κ1) is 39.4. The van der Waals surface area contributed by atoms with E-state index >= 15 is 0 Å². The summed E-state index contributed by atoms with van der Waals surface area (Å²) in [5.74, 6) is -0.272. The number of carbonyl (C=O) groups excluding carboxylic acids is 3. The molecule has 0 bridgehead atoms. The second-order valence-corrected chi connectivity index (χ2v) is 13.5. The lowest BCUT2D eigenvalue weighted by Gasteiger charge is -2.36. The van der Waals surface area contributed by atoms with Gasteiger partial charge in [-0.15, -0.1) is 11.3 Å². The highest BCUT2D eigenvalue weighted by Crippen LogP contribution is 2.31. The van der Waals surface area contributed by atoms with Crippen LogP contribution in [0.3, 0.4) is 0 Å². The van der Waals surface area contributed by atoms with Gasteiger partial charge in [-0.3, -0.25) is 19.3 Å². The van der Waals surface area contributed by atoms with Crippen molar-refractivity contribution in [3.05, 3.63) is 52.0 Å². The van der Waals surface area contributed by atoms with Crippen molar-refractivity contribution in [3.8, 4) is 0 Å². The molecule has 0 radical (unpaired) electrons. The molecule has 0 saturated carbocycles. The van der Waals surface area contributed by atoms with Crippen molar-refractivity contribution in [2.45, 2.75) is 111 Å². The summed E-state index contributed by atoms with van der Waals surface area (Å²) in [5, 5.41) is 8.60. The van der Waals surface area contributed by atoms with E-state index in [1.807, 2.05) is 40.4 Å². The van der Waals surface area contributed by atoms with E-state index in [2.05, 4.69) is 64.3 Å². The van der Waals surface area contributed by atoms with Crippen LogP contribution in [-0.2, 0) is 20.7 Å². The second-order valence-electron chi connectivity index (χ2n) is 12.6. The van der Waals surface area contributed by atoms with Gasteiger partial charge in [-0.25, -0.2) is 4.98 Å². The molecule has 2 unspecified atom stereocenters. The third-order valence-electron chi connectivity index (χ3n) is 8.00. The molecule has 258 valence electrons. The molecular formula is C36H59N5O4S. The van der Waals surface area contributed by atoms with Gasteiger partial charge in [0, 0.05) is 37.0 Å². The van der Waals surface area contributed by atoms with Gasteiger partial charge in [0.15, 0.2) is 0 Å². The molecule has 0 aliphatic carbocycles. The molecule has 0 spiro atoms. The number of carbonyl (C=O) groups is 3. The molecule has 1 aromatic heterocycles. The Labute approximate surface area is 281 Å². The number of nitrogens with one attached hydrogen (secondary N) is 2. The van der Waals surface area contributed by atoms with Crippen LogP contribution in [0, 0.1) is 5.92 Å². The van der Waals surface area contributed by atoms with Gasteiger partial charge >= 0.3 is 0 Å². The van der Waals surface area contributed by atoms with E-state index in [9.17, 15) is 14.4 Å². The summed E-state index contributed by atoms with van der Waals surface area (Å²) < 4.78 is 6.33. The fraction of sp³-hybridized carbons (Fsp3) is 0.667. The number of likely N-dealkylation sites (N-methyl/N-ethyl adjacent to an activating group) is 1. The number of nitrogens with zero attached hydrogens (tertiary/aromatic N) is 3. The van der Waals surface area contributed by atoms with E-state index in [-0.39, 0.29) is 54.9 Å². The average Bonchev–Trinajstić information content (AvgIpc) is 3.53. The van der Waals surface area contributed by atoms with Gasteiger partial charge in [0.25, 0.3) is 5.91 Å². The van der Waals surface area contributed by atoms with E-state index in [1.54, 1.807) is 0 Å². The quantitative estimate of drug-likeness (QED) is 0.146. The van der Waals surface area contributed by atoms with E-state index in [0.29, 0.717) is 25.3 Å². The van der Waals surface area contributed by atoms with E-state index in [4.69, 9.17) is 9.72 Å². The monoisotopic (exact) mass is 657 g/mol. The van der Waals surface area contributed by atoms with Crippen LogP contribution in [0.4, 0.5) is 0 Å². The molecule has 10 heteroatoms. The minimum absolute atomic E-state index is 0.0216. The third-order valence-corrected chi connectivity index (χ3v) is 8.94. The Morgan fingerprint density at radius 1 is 0.978 bits per heavy atom. The number of rotatable bonds is 23. The van der Waals surface area contributed by atoms with Crippen molar-refractivity contribution >= 4 is 29.1 Å². The normalized spacial score (nSPS) is 13.4. The summed E-state index contributed by atoms with van der Waals surface area (Å²) in [4.78, 5) is 48.1. The highest BCUT2D eigenvalue weighted by molar-refractivity contribution is 7.09. The fourth-order valence-corrected chi connectivity index (χ4v) is 6.41. The Bertz CT molecular complexity index is 1160. The van der Waals surface area contributed by atoms with Crippen molar-refractivity contribution < 1.29 is 19.1 Å². The molecule has 0 saturated heterocycles. The number of benzene rings is 1. The summed E-state index contributed by atoms with van der Waals surface area (Å²) in [6.45, 7) is 14.8. The van der Waals surface area contributed by atoms with Gasteiger partial charge in [-0.1, -0.05) is 84.7 Å². The van der Waals surface area contributed by atoms with Crippen molar-refractivity contribution in [2.75, 3.05) is 39.8 Å². The molecule has 2 aromatic rings. The zero-order valence-electron chi connectivity index (χ0n) is 29.3. The van der Waals surface area contributed by atoms with E-state index in [0.717, 1.165) is 56.5 Å². The molecule has 3 amide bonds. The van der Waals surface area contributed by atoms with E-state index < -0.39 is 0 Å². The molecule has 0 aliphatic heterocycles. The molecule has 3 atom stereocenters. The summed E-state index contributed by atoms with van der Waals surface area (Å²) in [5.41, 5.74) is 1.59. The van der Waals surface area contributed by atoms with Crippen LogP contribution < -0.4 is 10.6 Å². The predicted molar refractivity (Wildman–Crippen MR) is 188 cm³/mol. The van der Waals surface area contributed by atoms with Crippen LogP contribution in [0.5, 0.6) is 0 Å². The zero-order chi connectivity index (χ0) is 33.9. The lowest BCUT2D eigenvalue weighted by molar-refractivity contribution is -0.136. The largest absolute Gasteiger partial charge is 0.371 e. The minimum Gasteiger partial charge on any atom is -0.371 e. The molecule has 46 heavy (non-hydrogen) atoms. The molecule has 0 fully saturated rings. The van der Waals surface area contributed by atoms with Gasteiger partial charge in [-0.2, -0.15) is 0 Å². The van der Waals surface area contributed by atoms with Crippen molar-refractivity contribution in [1.82, 2.24) is 25.4 Å². The maximum atomic E-state index is 13.5. The van der Waals surface area contributed by atoms with Gasteiger partial charge in [0.1, 0.15) is 16.8 Å². The number of amides is 3. The summed E-state index contributed by atoms with van der Waals surface area (Å²) >= 11 is 1.43. The van der Waals surface area contributed by atoms with Crippen LogP contribution in [0.1, 0.15) is 114 Å². The van der Waals surface area contributed by atoms with Gasteiger partial charge < -0.3 is 20.3 Å². The lowest BCUT2D eigenvalue weighted by Crippen LogP contribution is -2.49. The molecule has 2 N–H and O–H groups in total. The Kier molecular flexibility index (Phi) is 18.7. The molecule has 2 rings (SSSR count). The standard InChI is InChI=1S/C36H59N5O4S/c1-8-12-20-40(7)25-33(42)37-24-34(43)41(19-10-3)31(27(5)6)23-32(45-21-11-4)36-39-30(26-46-36)35(44)38-29(16-9-2)22-28-17-14-13-15-18-28/h13-15,17-18,26-27,29,31-32H,8-12,16,19-25H2,1-7H3,(H,37,42)(H,38,44)/t29-,31?,32?/m1/s1. The van der Waals surface area contributed by atoms with Crippen LogP contribution in [-0.4, -0.2) is 84.4 Å². The first-order valence-corrected chi connectivity index (χ1v) is 18.2. The topological polar surface area (TPSA) is 104 Å². The number of aromatic nitrogens is 1. The highest BCUT2D eigenvalue weighted by Gasteiger charge is 2.31. The van der Waals surface area contributed by atoms with Crippen LogP contribution in [0.15, 0.2) is 35.7 Å². The van der Waals surface area contributed by atoms with Gasteiger partial charge in [-0.05, 0) is 57.2 Å². The van der Waals surface area contributed by atoms with Crippen LogP contribution >= 0.6 is 11.3 Å². The van der Waals surface area contributed by atoms with Gasteiger partial charge in [0.2, 0.25) is 11.8 Å². The Morgan fingerprint density at radius 3 is 2.35 bits per heavy atom. The summed E-state index contributed by atoms with van der Waals surface area (Å²) in [7, 11) is 1.92. The molecular weight excluding hydrogens is 598 g/mol. The molecule has 0 aliphatic rings. The van der Waals surface area contributed by atoms with Crippen LogP contribution in [0.25, 0.3) is 0 Å². The first-order chi connectivity index (χ1) is 22.1. The van der Waals surface area contributed by atoms with Crippen molar-refractivity contribution in [3.63, 3.8) is 0 Å². The highest BCUT2D eigenvalue weighted by atomic mass is 32.1. The fourth-order valence-electron chi connectivity index (χ4n) is 5.55. The minimum atomic E-state index is -0.358. The lowest BCUT2D eigenvalue weighted by atomic mass is 9.95. The van der Waals surface area contributed by atoms with E-state index in [1.165, 1.54) is 16.9 Å². The number of ether oxygens (including phenoxy) is 1. The summed E-state index contributed by atoms with van der Waals surface area (Å²) in [6, 6.07) is 10.1. The second kappa shape index (κ2) is 21.9. The third kappa shape index (κ3) is 13.9. The van der Waals surface area contributed by atoms with Crippen molar-refractivity contribution in [2.24, 2.45) is 5.92 Å². The SMILES string of the molecule is CCCCN(C)CC(=O)NCC(=O)N(CCC)C(CC(OCCC)c1nc(C(=O)N[C@H](CCC)Cc2ccccc2)cs1)C(C)C. The number of hydrogen-bond donors (Lipinski definition) is 2. The Hall–Kier alpha value is -2.82. The molecule has 9 nitrogen and oxygen atoms in total. The summed E-state index contributed by atoms with van der Waals surface area (Å²) in [6.07, 6.45) is 6.56. The number of unbranched alkanes of at least 4 members (excludes halogenated alkanes) is 1. The maximum absolute atomic E-state index is 13.5. The Morgan fingerprint density at radius 2 is 1.72 bits per heavy atom. The van der Waals surface area contributed by atoms with Crippen LogP contribution in [0.2, 0.25) is 0 Å². The van der Waals surface area contributed by atoms with Gasteiger partial charge in [0.05, 0.1) is 13.1 Å². The maximum Gasteiger partial charge on any atom is 0.270 e. The van der Waals surface area contributed by atoms with Crippen molar-refractivity contribution in [1.29, 1.82) is 0 Å².